The van der Waals surface area contributed by atoms with Gasteiger partial charge in [-0.3, -0.25) is 9.69 Å². The summed E-state index contributed by atoms with van der Waals surface area (Å²) in [6.45, 7) is 5.68. The summed E-state index contributed by atoms with van der Waals surface area (Å²) in [4.78, 5) is 19.4. The third-order valence-electron chi connectivity index (χ3n) is 4.78. The first-order valence-corrected chi connectivity index (χ1v) is 8.32. The van der Waals surface area contributed by atoms with Crippen molar-refractivity contribution in [3.8, 4) is 0 Å². The Morgan fingerprint density at radius 2 is 2.30 bits per heavy atom. The van der Waals surface area contributed by atoms with Crippen molar-refractivity contribution in [2.75, 3.05) is 13.1 Å². The molecule has 2 aromatic rings. The molecule has 0 bridgehead atoms. The van der Waals surface area contributed by atoms with Crippen molar-refractivity contribution >= 4 is 5.91 Å². The van der Waals surface area contributed by atoms with E-state index < -0.39 is 0 Å². The monoisotopic (exact) mass is 314 g/mol. The number of aromatic nitrogens is 2. The molecule has 0 aromatic carbocycles. The molecule has 6 nitrogen and oxygen atoms in total. The number of rotatable bonds is 5. The number of amides is 1. The number of nitrogens with zero attached hydrogens (tertiary/aromatic N) is 3. The van der Waals surface area contributed by atoms with Crippen molar-refractivity contribution in [1.82, 2.24) is 19.8 Å². The first kappa shape index (κ1) is 14.5. The number of furan rings is 1. The van der Waals surface area contributed by atoms with E-state index in [4.69, 9.17) is 4.42 Å². The summed E-state index contributed by atoms with van der Waals surface area (Å²) in [5.41, 5.74) is 0.492. The molecule has 2 aliphatic rings. The van der Waals surface area contributed by atoms with Crippen molar-refractivity contribution in [3.05, 3.63) is 41.9 Å². The Morgan fingerprint density at radius 3 is 3.04 bits per heavy atom. The molecular weight excluding hydrogens is 292 g/mol. The highest BCUT2D eigenvalue weighted by Crippen LogP contribution is 2.33. The molecule has 1 aliphatic heterocycles. The van der Waals surface area contributed by atoms with Crippen LogP contribution in [-0.2, 0) is 13.1 Å². The van der Waals surface area contributed by atoms with E-state index in [1.54, 1.807) is 6.26 Å². The highest BCUT2D eigenvalue weighted by molar-refractivity contribution is 5.92. The van der Waals surface area contributed by atoms with Crippen LogP contribution in [0.1, 0.15) is 47.9 Å². The number of hydrogen-bond donors (Lipinski definition) is 1. The van der Waals surface area contributed by atoms with Crippen molar-refractivity contribution in [1.29, 1.82) is 0 Å². The number of carbonyl (C=O) groups is 1. The minimum Gasteiger partial charge on any atom is -0.467 e. The smallest absolute Gasteiger partial charge is 0.271 e. The molecule has 6 heteroatoms. The predicted molar refractivity (Wildman–Crippen MR) is 84.8 cm³/mol. The van der Waals surface area contributed by atoms with E-state index in [9.17, 15) is 4.79 Å². The van der Waals surface area contributed by atoms with Crippen LogP contribution in [0, 0.1) is 5.92 Å². The van der Waals surface area contributed by atoms with Gasteiger partial charge in [0.15, 0.2) is 0 Å². The molecule has 0 saturated heterocycles. The van der Waals surface area contributed by atoms with E-state index >= 15 is 0 Å². The summed E-state index contributed by atoms with van der Waals surface area (Å²) in [6, 6.07) is 3.93. The lowest BCUT2D eigenvalue weighted by molar-refractivity contribution is 0.0943. The molecule has 1 amide bonds. The molecular formula is C17H22N4O2. The fourth-order valence-electron chi connectivity index (χ4n) is 3.20. The lowest BCUT2D eigenvalue weighted by Crippen LogP contribution is -2.38. The molecule has 122 valence electrons. The number of imidazole rings is 1. The number of hydrogen-bond acceptors (Lipinski definition) is 4. The van der Waals surface area contributed by atoms with Gasteiger partial charge in [-0.1, -0.05) is 0 Å². The van der Waals surface area contributed by atoms with E-state index in [0.29, 0.717) is 12.2 Å². The lowest BCUT2D eigenvalue weighted by Gasteiger charge is -2.33. The molecule has 1 saturated carbocycles. The fraction of sp³-hybridized carbons (Fsp3) is 0.529. The molecule has 1 atom stereocenters. The van der Waals surface area contributed by atoms with E-state index in [-0.39, 0.29) is 11.9 Å². The van der Waals surface area contributed by atoms with Gasteiger partial charge in [-0.25, -0.2) is 4.98 Å². The average molecular weight is 314 g/mol. The largest absolute Gasteiger partial charge is 0.467 e. The van der Waals surface area contributed by atoms with Crippen LogP contribution in [-0.4, -0.2) is 33.4 Å². The van der Waals surface area contributed by atoms with Gasteiger partial charge in [0.05, 0.1) is 18.8 Å². The second-order valence-corrected chi connectivity index (χ2v) is 6.55. The van der Waals surface area contributed by atoms with Crippen LogP contribution in [0.4, 0.5) is 0 Å². The Balaban J connectivity index is 1.43. The van der Waals surface area contributed by atoms with Crippen LogP contribution >= 0.6 is 0 Å². The summed E-state index contributed by atoms with van der Waals surface area (Å²) < 4.78 is 7.35. The van der Waals surface area contributed by atoms with Crippen molar-refractivity contribution in [2.45, 2.75) is 38.9 Å². The molecule has 1 fully saturated rings. The van der Waals surface area contributed by atoms with Gasteiger partial charge in [-0.05, 0) is 37.8 Å². The van der Waals surface area contributed by atoms with Gasteiger partial charge in [0, 0.05) is 25.8 Å². The zero-order chi connectivity index (χ0) is 15.8. The molecule has 23 heavy (non-hydrogen) atoms. The van der Waals surface area contributed by atoms with Gasteiger partial charge < -0.3 is 14.3 Å². The van der Waals surface area contributed by atoms with Gasteiger partial charge in [0.1, 0.15) is 17.3 Å². The Morgan fingerprint density at radius 1 is 1.43 bits per heavy atom. The average Bonchev–Trinajstić information content (AvgIpc) is 3.04. The Bertz CT molecular complexity index is 688. The van der Waals surface area contributed by atoms with E-state index in [0.717, 1.165) is 37.1 Å². The Labute approximate surface area is 135 Å². The molecule has 1 N–H and O–H groups in total. The summed E-state index contributed by atoms with van der Waals surface area (Å²) in [6.07, 6.45) is 6.20. The van der Waals surface area contributed by atoms with Crippen LogP contribution in [0.5, 0.6) is 0 Å². The van der Waals surface area contributed by atoms with E-state index in [1.165, 1.54) is 12.8 Å². The Hall–Kier alpha value is -2.08. The number of carbonyl (C=O) groups excluding carboxylic acids is 1. The zero-order valence-electron chi connectivity index (χ0n) is 13.4. The highest BCUT2D eigenvalue weighted by atomic mass is 16.3. The van der Waals surface area contributed by atoms with Gasteiger partial charge in [0.2, 0.25) is 0 Å². The SMILES string of the molecule is CC1c2nc(C(=O)NCc3ccco3)cn2CCN1CC1CC1. The number of fused-ring (bicyclic) bond motifs is 1. The zero-order valence-corrected chi connectivity index (χ0v) is 13.4. The maximum atomic E-state index is 12.3. The second-order valence-electron chi connectivity index (χ2n) is 6.55. The normalized spacial score (nSPS) is 21.2. The summed E-state index contributed by atoms with van der Waals surface area (Å²) in [7, 11) is 0. The maximum absolute atomic E-state index is 12.3. The predicted octanol–water partition coefficient (Wildman–Crippen LogP) is 2.19. The maximum Gasteiger partial charge on any atom is 0.271 e. The second kappa shape index (κ2) is 5.85. The van der Waals surface area contributed by atoms with Crippen LogP contribution in [0.3, 0.4) is 0 Å². The van der Waals surface area contributed by atoms with Gasteiger partial charge in [-0.15, -0.1) is 0 Å². The number of nitrogens with one attached hydrogen (secondary N) is 1. The molecule has 1 aliphatic carbocycles. The van der Waals surface area contributed by atoms with Crippen LogP contribution in [0.15, 0.2) is 29.0 Å². The summed E-state index contributed by atoms with van der Waals surface area (Å²) in [5.74, 6) is 2.46. The lowest BCUT2D eigenvalue weighted by atomic mass is 10.2. The fourth-order valence-corrected chi connectivity index (χ4v) is 3.20. The van der Waals surface area contributed by atoms with Crippen LogP contribution in [0.25, 0.3) is 0 Å². The van der Waals surface area contributed by atoms with Crippen LogP contribution < -0.4 is 5.32 Å². The first-order chi connectivity index (χ1) is 11.2. The molecule has 0 radical (unpaired) electrons. The third kappa shape index (κ3) is 3.03. The topological polar surface area (TPSA) is 63.3 Å². The first-order valence-electron chi connectivity index (χ1n) is 8.32. The van der Waals surface area contributed by atoms with E-state index in [1.807, 2.05) is 18.3 Å². The summed E-state index contributed by atoms with van der Waals surface area (Å²) >= 11 is 0. The molecule has 0 spiro atoms. The molecule has 2 aromatic heterocycles. The van der Waals surface area contributed by atoms with Crippen molar-refractivity contribution in [3.63, 3.8) is 0 Å². The molecule has 1 unspecified atom stereocenters. The van der Waals surface area contributed by atoms with Crippen molar-refractivity contribution < 1.29 is 9.21 Å². The standard InChI is InChI=1S/C17H22N4O2/c1-12-16-19-15(17(22)18-9-14-3-2-8-23-14)11-21(16)7-6-20(12)10-13-4-5-13/h2-3,8,11-13H,4-7,9-10H2,1H3,(H,18,22). The van der Waals surface area contributed by atoms with Gasteiger partial charge in [0.25, 0.3) is 5.91 Å². The Kier molecular flexibility index (Phi) is 3.69. The van der Waals surface area contributed by atoms with Crippen LogP contribution in [0.2, 0.25) is 0 Å². The van der Waals surface area contributed by atoms with Gasteiger partial charge >= 0.3 is 0 Å². The van der Waals surface area contributed by atoms with Gasteiger partial charge in [-0.2, -0.15) is 0 Å². The minimum absolute atomic E-state index is 0.149. The molecule has 4 rings (SSSR count). The third-order valence-corrected chi connectivity index (χ3v) is 4.78. The van der Waals surface area contributed by atoms with Crippen molar-refractivity contribution in [2.24, 2.45) is 5.92 Å². The quantitative estimate of drug-likeness (QED) is 0.919. The molecule has 3 heterocycles. The summed E-state index contributed by atoms with van der Waals surface area (Å²) in [5, 5.41) is 2.86. The minimum atomic E-state index is -0.149. The highest BCUT2D eigenvalue weighted by Gasteiger charge is 2.32. The van der Waals surface area contributed by atoms with E-state index in [2.05, 4.69) is 26.7 Å².